The van der Waals surface area contributed by atoms with Crippen molar-refractivity contribution in [2.24, 2.45) is 0 Å². The van der Waals surface area contributed by atoms with E-state index in [1.165, 1.54) is 4.90 Å². The van der Waals surface area contributed by atoms with Crippen LogP contribution in [0.15, 0.2) is 24.3 Å². The van der Waals surface area contributed by atoms with E-state index in [0.29, 0.717) is 25.2 Å². The van der Waals surface area contributed by atoms with Gasteiger partial charge in [-0.15, -0.1) is 0 Å². The van der Waals surface area contributed by atoms with E-state index < -0.39 is 10.1 Å². The molecule has 1 aromatic carbocycles. The Bertz CT molecular complexity index is 571. The second-order valence-electron chi connectivity index (χ2n) is 4.20. The van der Waals surface area contributed by atoms with Crippen molar-refractivity contribution in [3.8, 4) is 5.75 Å². The standard InChI is InChI=1S/C12H16N2O4S/c1-2-9-19(16,17)18-11-6-4-3-5-10(11)14-8-7-13-12(14)15/h3-6H,2,7-9H2,1H3,(H,13,15). The van der Waals surface area contributed by atoms with Gasteiger partial charge in [-0.3, -0.25) is 4.90 Å². The van der Waals surface area contributed by atoms with Crippen molar-refractivity contribution in [3.05, 3.63) is 24.3 Å². The Kier molecular flexibility index (Phi) is 3.94. The fourth-order valence-electron chi connectivity index (χ4n) is 1.88. The summed E-state index contributed by atoms with van der Waals surface area (Å²) in [5.41, 5.74) is 0.470. The Labute approximate surface area is 112 Å². The predicted molar refractivity (Wildman–Crippen MR) is 71.9 cm³/mol. The van der Waals surface area contributed by atoms with Gasteiger partial charge in [0.2, 0.25) is 0 Å². The Morgan fingerprint density at radius 3 is 2.74 bits per heavy atom. The van der Waals surface area contributed by atoms with Gasteiger partial charge in [-0.05, 0) is 18.6 Å². The van der Waals surface area contributed by atoms with Crippen LogP contribution < -0.4 is 14.4 Å². The van der Waals surface area contributed by atoms with Crippen molar-refractivity contribution < 1.29 is 17.4 Å². The summed E-state index contributed by atoms with van der Waals surface area (Å²) >= 11 is 0. The smallest absolute Gasteiger partial charge is 0.322 e. The van der Waals surface area contributed by atoms with Gasteiger partial charge in [0, 0.05) is 13.1 Å². The second-order valence-corrected chi connectivity index (χ2v) is 5.89. The maximum atomic E-state index is 11.7. The number of urea groups is 1. The molecule has 0 radical (unpaired) electrons. The largest absolute Gasteiger partial charge is 0.380 e. The molecular formula is C12H16N2O4S. The van der Waals surface area contributed by atoms with Crippen molar-refractivity contribution in [1.29, 1.82) is 0 Å². The minimum absolute atomic E-state index is 0.0481. The van der Waals surface area contributed by atoms with Gasteiger partial charge in [0.05, 0.1) is 11.4 Å². The van der Waals surface area contributed by atoms with Gasteiger partial charge in [0.1, 0.15) is 0 Å². The third-order valence-corrected chi connectivity index (χ3v) is 4.03. The highest BCUT2D eigenvalue weighted by atomic mass is 32.2. The first kappa shape index (κ1) is 13.7. The van der Waals surface area contributed by atoms with E-state index in [1.807, 2.05) is 0 Å². The molecule has 0 bridgehead atoms. The molecule has 0 aliphatic carbocycles. The first-order valence-electron chi connectivity index (χ1n) is 6.10. The average molecular weight is 284 g/mol. The summed E-state index contributed by atoms with van der Waals surface area (Å²) in [5.74, 6) is 0.140. The van der Waals surface area contributed by atoms with Crippen LogP contribution in [-0.2, 0) is 10.1 Å². The van der Waals surface area contributed by atoms with Crippen LogP contribution in [0.4, 0.5) is 10.5 Å². The molecule has 2 amide bonds. The minimum atomic E-state index is -3.61. The number of carbonyl (C=O) groups is 1. The molecule has 1 aliphatic rings. The lowest BCUT2D eigenvalue weighted by Crippen LogP contribution is -2.28. The summed E-state index contributed by atoms with van der Waals surface area (Å²) < 4.78 is 28.5. The quantitative estimate of drug-likeness (QED) is 0.828. The zero-order chi connectivity index (χ0) is 13.9. The number of rotatable bonds is 5. The normalized spacial score (nSPS) is 15.4. The van der Waals surface area contributed by atoms with Crippen LogP contribution in [0.1, 0.15) is 13.3 Å². The number of nitrogens with zero attached hydrogens (tertiary/aromatic N) is 1. The summed E-state index contributed by atoms with van der Waals surface area (Å²) in [6.45, 7) is 2.79. The third-order valence-electron chi connectivity index (χ3n) is 2.68. The molecule has 0 unspecified atom stereocenters. The number of nitrogens with one attached hydrogen (secondary N) is 1. The van der Waals surface area contributed by atoms with Crippen molar-refractivity contribution in [3.63, 3.8) is 0 Å². The summed E-state index contributed by atoms with van der Waals surface area (Å²) in [4.78, 5) is 13.1. The molecular weight excluding hydrogens is 268 g/mol. The van der Waals surface area contributed by atoms with Crippen LogP contribution in [-0.4, -0.2) is 33.3 Å². The van der Waals surface area contributed by atoms with E-state index in [4.69, 9.17) is 4.18 Å². The molecule has 0 atom stereocenters. The maximum Gasteiger partial charge on any atom is 0.322 e. The number of hydrogen-bond acceptors (Lipinski definition) is 4. The van der Waals surface area contributed by atoms with Gasteiger partial charge in [-0.2, -0.15) is 8.42 Å². The molecule has 1 N–H and O–H groups in total. The predicted octanol–water partition coefficient (Wildman–Crippen LogP) is 1.33. The van der Waals surface area contributed by atoms with E-state index >= 15 is 0 Å². The van der Waals surface area contributed by atoms with Gasteiger partial charge in [-0.25, -0.2) is 4.79 Å². The molecule has 0 spiro atoms. The molecule has 1 saturated heterocycles. The molecule has 1 fully saturated rings. The van der Waals surface area contributed by atoms with E-state index in [9.17, 15) is 13.2 Å². The molecule has 7 heteroatoms. The van der Waals surface area contributed by atoms with Crippen LogP contribution in [0, 0.1) is 0 Å². The highest BCUT2D eigenvalue weighted by molar-refractivity contribution is 7.87. The lowest BCUT2D eigenvalue weighted by Gasteiger charge is -2.18. The van der Waals surface area contributed by atoms with Crippen LogP contribution in [0.2, 0.25) is 0 Å². The number of carbonyl (C=O) groups excluding carboxylic acids is 1. The minimum Gasteiger partial charge on any atom is -0.380 e. The second kappa shape index (κ2) is 5.48. The zero-order valence-corrected chi connectivity index (χ0v) is 11.4. The van der Waals surface area contributed by atoms with Crippen LogP contribution in [0.3, 0.4) is 0 Å². The molecule has 19 heavy (non-hydrogen) atoms. The van der Waals surface area contributed by atoms with E-state index in [1.54, 1.807) is 31.2 Å². The third kappa shape index (κ3) is 3.17. The van der Waals surface area contributed by atoms with Gasteiger partial charge < -0.3 is 9.50 Å². The Hall–Kier alpha value is -1.76. The Morgan fingerprint density at radius 2 is 2.11 bits per heavy atom. The van der Waals surface area contributed by atoms with Gasteiger partial charge >= 0.3 is 16.1 Å². The molecule has 2 rings (SSSR count). The van der Waals surface area contributed by atoms with Gasteiger partial charge in [0.15, 0.2) is 5.75 Å². The maximum absolute atomic E-state index is 11.7. The average Bonchev–Trinajstić information content (AvgIpc) is 2.75. The Morgan fingerprint density at radius 1 is 1.37 bits per heavy atom. The number of para-hydroxylation sites is 2. The fourth-order valence-corrected chi connectivity index (χ4v) is 2.88. The van der Waals surface area contributed by atoms with E-state index in [-0.39, 0.29) is 17.5 Å². The number of benzene rings is 1. The molecule has 0 saturated carbocycles. The molecule has 0 aromatic heterocycles. The van der Waals surface area contributed by atoms with Crippen molar-refractivity contribution in [2.45, 2.75) is 13.3 Å². The number of anilines is 1. The van der Waals surface area contributed by atoms with E-state index in [0.717, 1.165) is 0 Å². The van der Waals surface area contributed by atoms with Crippen molar-refractivity contribution in [1.82, 2.24) is 5.32 Å². The highest BCUT2D eigenvalue weighted by Crippen LogP contribution is 2.30. The fraction of sp³-hybridized carbons (Fsp3) is 0.417. The van der Waals surface area contributed by atoms with Gasteiger partial charge in [0.25, 0.3) is 0 Å². The molecule has 1 heterocycles. The highest BCUT2D eigenvalue weighted by Gasteiger charge is 2.25. The lowest BCUT2D eigenvalue weighted by molar-refractivity contribution is 0.252. The zero-order valence-electron chi connectivity index (χ0n) is 10.6. The number of amides is 2. The monoisotopic (exact) mass is 284 g/mol. The topological polar surface area (TPSA) is 75.7 Å². The van der Waals surface area contributed by atoms with Crippen molar-refractivity contribution in [2.75, 3.05) is 23.7 Å². The van der Waals surface area contributed by atoms with Crippen LogP contribution in [0.5, 0.6) is 5.75 Å². The molecule has 104 valence electrons. The lowest BCUT2D eigenvalue weighted by atomic mass is 10.3. The SMILES string of the molecule is CCCS(=O)(=O)Oc1ccccc1N1CCNC1=O. The van der Waals surface area contributed by atoms with Crippen LogP contribution in [0.25, 0.3) is 0 Å². The molecule has 1 aliphatic heterocycles. The summed E-state index contributed by atoms with van der Waals surface area (Å²) in [5, 5.41) is 2.67. The first-order valence-corrected chi connectivity index (χ1v) is 7.68. The molecule has 1 aromatic rings. The molecule has 6 nitrogen and oxygen atoms in total. The first-order chi connectivity index (χ1) is 9.03. The summed E-state index contributed by atoms with van der Waals surface area (Å²) in [6.07, 6.45) is 0.481. The summed E-state index contributed by atoms with van der Waals surface area (Å²) in [7, 11) is -3.61. The van der Waals surface area contributed by atoms with Crippen LogP contribution >= 0.6 is 0 Å². The summed E-state index contributed by atoms with van der Waals surface area (Å²) in [6, 6.07) is 6.38. The van der Waals surface area contributed by atoms with Gasteiger partial charge in [-0.1, -0.05) is 19.1 Å². The van der Waals surface area contributed by atoms with Crippen molar-refractivity contribution >= 4 is 21.8 Å². The Balaban J connectivity index is 2.29. The number of hydrogen-bond donors (Lipinski definition) is 1. The van der Waals surface area contributed by atoms with E-state index in [2.05, 4.69) is 5.32 Å².